The molecule has 0 amide bonds. The maximum absolute atomic E-state index is 5.39. The smallest absolute Gasteiger partial charge is 0.231 e. The predicted octanol–water partition coefficient (Wildman–Crippen LogP) is 1.42. The molecule has 6 nitrogen and oxygen atoms in total. The van der Waals surface area contributed by atoms with E-state index in [0.29, 0.717) is 13.3 Å². The van der Waals surface area contributed by atoms with Crippen LogP contribution in [0.5, 0.6) is 11.5 Å². The summed E-state index contributed by atoms with van der Waals surface area (Å²) in [6, 6.07) is 5.94. The molecule has 2 N–H and O–H groups in total. The highest BCUT2D eigenvalue weighted by molar-refractivity contribution is 5.79. The first-order valence-corrected chi connectivity index (χ1v) is 7.74. The number of nitrogens with one attached hydrogen (secondary N) is 2. The topological polar surface area (TPSA) is 58.1 Å². The molecule has 0 spiro atoms. The lowest BCUT2D eigenvalue weighted by atomic mass is 10.2. The van der Waals surface area contributed by atoms with Gasteiger partial charge in [-0.15, -0.1) is 0 Å². The Hall–Kier alpha value is -1.95. The third-order valence-corrected chi connectivity index (χ3v) is 3.28. The fourth-order valence-corrected chi connectivity index (χ4v) is 2.15. The standard InChI is InChI=1S/C16H26N4O2/c1-4-17-16(18-8-5-9-20(2)3)19-11-13-6-7-14-15(10-13)22-12-21-14/h6-7,10H,4-5,8-9,11-12H2,1-3H3,(H2,17,18,19). The first-order valence-electron chi connectivity index (χ1n) is 7.74. The molecule has 1 heterocycles. The molecule has 2 rings (SSSR count). The van der Waals surface area contributed by atoms with E-state index in [1.807, 2.05) is 18.2 Å². The largest absolute Gasteiger partial charge is 0.454 e. The molecule has 1 aromatic carbocycles. The monoisotopic (exact) mass is 306 g/mol. The van der Waals surface area contributed by atoms with Crippen LogP contribution in [0.15, 0.2) is 23.2 Å². The Morgan fingerprint density at radius 2 is 2.05 bits per heavy atom. The van der Waals surface area contributed by atoms with Crippen molar-refractivity contribution in [2.75, 3.05) is 40.5 Å². The molecular formula is C16H26N4O2. The second-order valence-electron chi connectivity index (χ2n) is 5.47. The van der Waals surface area contributed by atoms with E-state index < -0.39 is 0 Å². The van der Waals surface area contributed by atoms with E-state index in [1.54, 1.807) is 0 Å². The highest BCUT2D eigenvalue weighted by Crippen LogP contribution is 2.32. The van der Waals surface area contributed by atoms with Gasteiger partial charge in [0.25, 0.3) is 0 Å². The molecule has 0 saturated carbocycles. The van der Waals surface area contributed by atoms with Crippen LogP contribution in [0.2, 0.25) is 0 Å². The summed E-state index contributed by atoms with van der Waals surface area (Å²) in [5, 5.41) is 6.62. The lowest BCUT2D eigenvalue weighted by molar-refractivity contribution is 0.174. The normalized spacial score (nSPS) is 13.5. The van der Waals surface area contributed by atoms with Crippen LogP contribution in [-0.4, -0.2) is 51.4 Å². The number of fused-ring (bicyclic) bond motifs is 1. The third-order valence-electron chi connectivity index (χ3n) is 3.28. The molecule has 122 valence electrons. The minimum absolute atomic E-state index is 0.304. The van der Waals surface area contributed by atoms with Crippen molar-refractivity contribution in [2.24, 2.45) is 4.99 Å². The first-order chi connectivity index (χ1) is 10.7. The Morgan fingerprint density at radius 3 is 2.82 bits per heavy atom. The zero-order chi connectivity index (χ0) is 15.8. The van der Waals surface area contributed by atoms with Gasteiger partial charge in [-0.25, -0.2) is 4.99 Å². The number of hydrogen-bond donors (Lipinski definition) is 2. The van der Waals surface area contributed by atoms with Crippen LogP contribution in [-0.2, 0) is 6.54 Å². The molecule has 1 aromatic rings. The van der Waals surface area contributed by atoms with Crippen molar-refractivity contribution in [3.63, 3.8) is 0 Å². The van der Waals surface area contributed by atoms with Gasteiger partial charge in [0.2, 0.25) is 6.79 Å². The molecule has 0 aliphatic carbocycles. The summed E-state index contributed by atoms with van der Waals surface area (Å²) in [5.74, 6) is 2.46. The van der Waals surface area contributed by atoms with Crippen LogP contribution in [0.25, 0.3) is 0 Å². The quantitative estimate of drug-likeness (QED) is 0.453. The molecule has 0 aromatic heterocycles. The van der Waals surface area contributed by atoms with Gasteiger partial charge in [0.15, 0.2) is 17.5 Å². The van der Waals surface area contributed by atoms with Crippen molar-refractivity contribution in [3.8, 4) is 11.5 Å². The maximum atomic E-state index is 5.39. The van der Waals surface area contributed by atoms with Crippen molar-refractivity contribution < 1.29 is 9.47 Å². The van der Waals surface area contributed by atoms with Crippen LogP contribution in [0.4, 0.5) is 0 Å². The number of nitrogens with zero attached hydrogens (tertiary/aromatic N) is 2. The van der Waals surface area contributed by atoms with Gasteiger partial charge >= 0.3 is 0 Å². The molecule has 0 bridgehead atoms. The van der Waals surface area contributed by atoms with Crippen molar-refractivity contribution in [1.29, 1.82) is 0 Å². The molecule has 22 heavy (non-hydrogen) atoms. The number of guanidine groups is 1. The molecule has 0 unspecified atom stereocenters. The Balaban J connectivity index is 1.86. The first kappa shape index (κ1) is 16.4. The Kier molecular flexibility index (Phi) is 6.33. The van der Waals surface area contributed by atoms with Gasteiger partial charge in [0, 0.05) is 13.1 Å². The maximum Gasteiger partial charge on any atom is 0.231 e. The summed E-state index contributed by atoms with van der Waals surface area (Å²) < 4.78 is 10.7. The van der Waals surface area contributed by atoms with Crippen LogP contribution in [0, 0.1) is 0 Å². The molecule has 0 radical (unpaired) electrons. The number of ether oxygens (including phenoxy) is 2. The van der Waals surface area contributed by atoms with Crippen LogP contribution < -0.4 is 20.1 Å². The number of hydrogen-bond acceptors (Lipinski definition) is 4. The second-order valence-corrected chi connectivity index (χ2v) is 5.47. The molecule has 0 atom stereocenters. The van der Waals surface area contributed by atoms with Crippen molar-refractivity contribution >= 4 is 5.96 Å². The van der Waals surface area contributed by atoms with E-state index in [-0.39, 0.29) is 0 Å². The third kappa shape index (κ3) is 5.11. The Morgan fingerprint density at radius 1 is 1.23 bits per heavy atom. The minimum Gasteiger partial charge on any atom is -0.454 e. The highest BCUT2D eigenvalue weighted by atomic mass is 16.7. The van der Waals surface area contributed by atoms with Crippen LogP contribution in [0.3, 0.4) is 0 Å². The number of aliphatic imine (C=N–C) groups is 1. The van der Waals surface area contributed by atoms with Crippen LogP contribution >= 0.6 is 0 Å². The highest BCUT2D eigenvalue weighted by Gasteiger charge is 2.12. The Labute approximate surface area is 132 Å². The van der Waals surface area contributed by atoms with Gasteiger partial charge in [-0.3, -0.25) is 0 Å². The summed E-state index contributed by atoms with van der Waals surface area (Å²) in [5.41, 5.74) is 1.11. The summed E-state index contributed by atoms with van der Waals surface area (Å²) in [7, 11) is 4.16. The number of rotatable bonds is 7. The Bertz CT molecular complexity index is 503. The second kappa shape index (κ2) is 8.48. The van der Waals surface area contributed by atoms with E-state index in [1.165, 1.54) is 0 Å². The van der Waals surface area contributed by atoms with Gasteiger partial charge in [-0.2, -0.15) is 0 Å². The van der Waals surface area contributed by atoms with E-state index >= 15 is 0 Å². The van der Waals surface area contributed by atoms with E-state index in [9.17, 15) is 0 Å². The fourth-order valence-electron chi connectivity index (χ4n) is 2.15. The molecule has 0 fully saturated rings. The number of benzene rings is 1. The van der Waals surface area contributed by atoms with Crippen molar-refractivity contribution in [3.05, 3.63) is 23.8 Å². The lowest BCUT2D eigenvalue weighted by Gasteiger charge is -2.13. The van der Waals surface area contributed by atoms with Crippen molar-refractivity contribution in [1.82, 2.24) is 15.5 Å². The SMILES string of the molecule is CCNC(=NCc1ccc2c(c1)OCO2)NCCCN(C)C. The predicted molar refractivity (Wildman–Crippen MR) is 88.6 cm³/mol. The molecular weight excluding hydrogens is 280 g/mol. The van der Waals surface area contributed by atoms with Gasteiger partial charge in [-0.1, -0.05) is 6.07 Å². The zero-order valence-corrected chi connectivity index (χ0v) is 13.7. The minimum atomic E-state index is 0.304. The summed E-state index contributed by atoms with van der Waals surface area (Å²) in [6.45, 7) is 5.80. The van der Waals surface area contributed by atoms with Gasteiger partial charge < -0.3 is 25.0 Å². The van der Waals surface area contributed by atoms with Gasteiger partial charge in [0.1, 0.15) is 0 Å². The molecule has 0 saturated heterocycles. The average Bonchev–Trinajstić information content (AvgIpc) is 2.96. The summed E-state index contributed by atoms with van der Waals surface area (Å²) >= 11 is 0. The molecule has 6 heteroatoms. The van der Waals surface area contributed by atoms with Crippen molar-refractivity contribution in [2.45, 2.75) is 19.9 Å². The van der Waals surface area contributed by atoms with Gasteiger partial charge in [-0.05, 0) is 51.7 Å². The zero-order valence-electron chi connectivity index (χ0n) is 13.7. The average molecular weight is 306 g/mol. The molecule has 1 aliphatic rings. The van der Waals surface area contributed by atoms with E-state index in [2.05, 4.69) is 41.5 Å². The van der Waals surface area contributed by atoms with Crippen LogP contribution in [0.1, 0.15) is 18.9 Å². The summed E-state index contributed by atoms with van der Waals surface area (Å²) in [4.78, 5) is 6.79. The fraction of sp³-hybridized carbons (Fsp3) is 0.562. The van der Waals surface area contributed by atoms with Gasteiger partial charge in [0.05, 0.1) is 6.54 Å². The summed E-state index contributed by atoms with van der Waals surface area (Å²) in [6.07, 6.45) is 1.08. The van der Waals surface area contributed by atoms with E-state index in [0.717, 1.165) is 49.1 Å². The van der Waals surface area contributed by atoms with E-state index in [4.69, 9.17) is 9.47 Å². The molecule has 1 aliphatic heterocycles. The lowest BCUT2D eigenvalue weighted by Crippen LogP contribution is -2.38.